The Balaban J connectivity index is 1.59. The summed E-state index contributed by atoms with van der Waals surface area (Å²) in [6, 6.07) is 9.73. The van der Waals surface area contributed by atoms with E-state index in [4.69, 9.17) is 9.47 Å². The lowest BCUT2D eigenvalue weighted by atomic mass is 10.2. The van der Waals surface area contributed by atoms with Gasteiger partial charge in [0, 0.05) is 23.9 Å². The van der Waals surface area contributed by atoms with Crippen molar-refractivity contribution in [3.8, 4) is 5.75 Å². The minimum atomic E-state index is -0.0601. The highest BCUT2D eigenvalue weighted by Gasteiger charge is 2.18. The number of hydrogen-bond acceptors (Lipinski definition) is 5. The van der Waals surface area contributed by atoms with Gasteiger partial charge in [-0.1, -0.05) is 0 Å². The maximum absolute atomic E-state index is 12.4. The fourth-order valence-corrected chi connectivity index (χ4v) is 3.89. The first-order valence-electron chi connectivity index (χ1n) is 8.01. The molecule has 1 amide bonds. The second-order valence-electron chi connectivity index (χ2n) is 5.90. The molecule has 0 unspecified atom stereocenters. The fourth-order valence-electron chi connectivity index (χ4n) is 2.95. The van der Waals surface area contributed by atoms with Crippen LogP contribution in [0.5, 0.6) is 5.75 Å². The molecule has 1 aliphatic heterocycles. The van der Waals surface area contributed by atoms with E-state index in [1.807, 2.05) is 30.3 Å². The van der Waals surface area contributed by atoms with Crippen molar-refractivity contribution >= 4 is 38.4 Å². The predicted molar refractivity (Wildman–Crippen MR) is 95.0 cm³/mol. The van der Waals surface area contributed by atoms with Crippen molar-refractivity contribution in [3.63, 3.8) is 0 Å². The molecule has 1 atom stereocenters. The van der Waals surface area contributed by atoms with Gasteiger partial charge in [-0.3, -0.25) is 4.79 Å². The summed E-state index contributed by atoms with van der Waals surface area (Å²) >= 11 is 1.42. The zero-order chi connectivity index (χ0) is 16.5. The molecule has 3 aromatic rings. The number of methoxy groups -OCH3 is 1. The Labute approximate surface area is 143 Å². The van der Waals surface area contributed by atoms with Gasteiger partial charge < -0.3 is 14.8 Å². The van der Waals surface area contributed by atoms with Gasteiger partial charge in [-0.15, -0.1) is 11.3 Å². The maximum atomic E-state index is 12.4. The Bertz CT molecular complexity index is 900. The minimum Gasteiger partial charge on any atom is -0.497 e. The highest BCUT2D eigenvalue weighted by atomic mass is 32.1. The molecule has 0 aliphatic carbocycles. The number of carbonyl (C=O) groups is 1. The van der Waals surface area contributed by atoms with E-state index in [-0.39, 0.29) is 12.0 Å². The second-order valence-corrected chi connectivity index (χ2v) is 6.93. The summed E-state index contributed by atoms with van der Waals surface area (Å²) in [4.78, 5) is 18.6. The first kappa shape index (κ1) is 15.4. The zero-order valence-corrected chi connectivity index (χ0v) is 14.2. The molecule has 124 valence electrons. The summed E-state index contributed by atoms with van der Waals surface area (Å²) in [7, 11) is 1.65. The SMILES string of the molecule is COc1ccc2nc3sc(C(=O)NC[C@H]4CCCO4)cc3cc2c1. The monoisotopic (exact) mass is 342 g/mol. The van der Waals surface area contributed by atoms with Crippen LogP contribution in [-0.4, -0.2) is 37.3 Å². The smallest absolute Gasteiger partial charge is 0.261 e. The average molecular weight is 342 g/mol. The number of rotatable bonds is 4. The van der Waals surface area contributed by atoms with Crippen LogP contribution < -0.4 is 10.1 Å². The molecule has 1 fully saturated rings. The maximum Gasteiger partial charge on any atom is 0.261 e. The van der Waals surface area contributed by atoms with Gasteiger partial charge in [0.05, 0.1) is 23.6 Å². The van der Waals surface area contributed by atoms with Crippen LogP contribution in [0.1, 0.15) is 22.5 Å². The first-order chi connectivity index (χ1) is 11.7. The molecule has 0 saturated carbocycles. The molecular weight excluding hydrogens is 324 g/mol. The number of aromatic nitrogens is 1. The quantitative estimate of drug-likeness (QED) is 0.790. The van der Waals surface area contributed by atoms with Crippen LogP contribution in [0.2, 0.25) is 0 Å². The lowest BCUT2D eigenvalue weighted by molar-refractivity contribution is 0.0861. The number of benzene rings is 1. The number of fused-ring (bicyclic) bond motifs is 2. The van der Waals surface area contributed by atoms with Crippen molar-refractivity contribution in [2.45, 2.75) is 18.9 Å². The van der Waals surface area contributed by atoms with E-state index >= 15 is 0 Å². The Morgan fingerprint density at radius 3 is 3.08 bits per heavy atom. The summed E-state index contributed by atoms with van der Waals surface area (Å²) in [5.74, 6) is 0.739. The van der Waals surface area contributed by atoms with Crippen molar-refractivity contribution in [3.05, 3.63) is 35.2 Å². The van der Waals surface area contributed by atoms with E-state index in [1.165, 1.54) is 11.3 Å². The topological polar surface area (TPSA) is 60.5 Å². The van der Waals surface area contributed by atoms with Crippen LogP contribution in [0, 0.1) is 0 Å². The van der Waals surface area contributed by atoms with Gasteiger partial charge in [0.2, 0.25) is 0 Å². The highest BCUT2D eigenvalue weighted by molar-refractivity contribution is 7.20. The summed E-state index contributed by atoms with van der Waals surface area (Å²) in [5, 5.41) is 4.94. The number of nitrogens with one attached hydrogen (secondary N) is 1. The van der Waals surface area contributed by atoms with E-state index in [9.17, 15) is 4.79 Å². The van der Waals surface area contributed by atoms with Crippen LogP contribution >= 0.6 is 11.3 Å². The van der Waals surface area contributed by atoms with Crippen LogP contribution in [0.25, 0.3) is 21.1 Å². The van der Waals surface area contributed by atoms with Crippen LogP contribution in [0.3, 0.4) is 0 Å². The van der Waals surface area contributed by atoms with Crippen LogP contribution in [0.4, 0.5) is 0 Å². The number of amides is 1. The third-order valence-electron chi connectivity index (χ3n) is 4.25. The Hall–Kier alpha value is -2.18. The van der Waals surface area contributed by atoms with E-state index < -0.39 is 0 Å². The van der Waals surface area contributed by atoms with Gasteiger partial charge in [-0.05, 0) is 43.2 Å². The second kappa shape index (κ2) is 6.37. The predicted octanol–water partition coefficient (Wildman–Crippen LogP) is 3.37. The fraction of sp³-hybridized carbons (Fsp3) is 0.333. The third-order valence-corrected chi connectivity index (χ3v) is 5.29. The lowest BCUT2D eigenvalue weighted by Crippen LogP contribution is -2.31. The summed E-state index contributed by atoms with van der Waals surface area (Å²) in [6.45, 7) is 1.36. The number of pyridine rings is 1. The molecule has 0 radical (unpaired) electrons. The van der Waals surface area contributed by atoms with E-state index in [0.29, 0.717) is 11.4 Å². The van der Waals surface area contributed by atoms with E-state index in [0.717, 1.165) is 46.3 Å². The summed E-state index contributed by atoms with van der Waals surface area (Å²) in [5.41, 5.74) is 0.900. The molecule has 5 nitrogen and oxygen atoms in total. The molecule has 3 heterocycles. The molecule has 6 heteroatoms. The Morgan fingerprint density at radius 1 is 1.38 bits per heavy atom. The average Bonchev–Trinajstić information content (AvgIpc) is 3.26. The molecule has 0 spiro atoms. The van der Waals surface area contributed by atoms with Gasteiger partial charge in [0.1, 0.15) is 10.6 Å². The molecule has 2 aromatic heterocycles. The van der Waals surface area contributed by atoms with Crippen molar-refractivity contribution in [1.82, 2.24) is 10.3 Å². The third kappa shape index (κ3) is 2.95. The van der Waals surface area contributed by atoms with Crippen molar-refractivity contribution in [1.29, 1.82) is 0 Å². The molecule has 0 bridgehead atoms. The number of carbonyl (C=O) groups excluding carboxylic acids is 1. The largest absolute Gasteiger partial charge is 0.497 e. The number of thiophene rings is 1. The van der Waals surface area contributed by atoms with Gasteiger partial charge in [-0.25, -0.2) is 4.98 Å². The van der Waals surface area contributed by atoms with Crippen molar-refractivity contribution in [2.24, 2.45) is 0 Å². The van der Waals surface area contributed by atoms with Gasteiger partial charge in [-0.2, -0.15) is 0 Å². The Kier molecular flexibility index (Phi) is 4.08. The molecular formula is C18H18N2O3S. The molecule has 1 saturated heterocycles. The highest BCUT2D eigenvalue weighted by Crippen LogP contribution is 2.29. The Morgan fingerprint density at radius 2 is 2.29 bits per heavy atom. The molecule has 24 heavy (non-hydrogen) atoms. The number of ether oxygens (including phenoxy) is 2. The van der Waals surface area contributed by atoms with Gasteiger partial charge in [0.25, 0.3) is 5.91 Å². The van der Waals surface area contributed by atoms with Gasteiger partial charge in [0.15, 0.2) is 0 Å². The summed E-state index contributed by atoms with van der Waals surface area (Å²) in [6.07, 6.45) is 2.24. The number of hydrogen-bond donors (Lipinski definition) is 1. The summed E-state index contributed by atoms with van der Waals surface area (Å²) < 4.78 is 10.8. The minimum absolute atomic E-state index is 0.0601. The van der Waals surface area contributed by atoms with Gasteiger partial charge >= 0.3 is 0 Å². The molecule has 4 rings (SSSR count). The zero-order valence-electron chi connectivity index (χ0n) is 13.4. The van der Waals surface area contributed by atoms with Crippen LogP contribution in [0.15, 0.2) is 30.3 Å². The first-order valence-corrected chi connectivity index (χ1v) is 8.83. The normalized spacial score (nSPS) is 17.5. The molecule has 1 N–H and O–H groups in total. The van der Waals surface area contributed by atoms with E-state index in [1.54, 1.807) is 7.11 Å². The number of nitrogens with zero attached hydrogens (tertiary/aromatic N) is 1. The molecule has 1 aromatic carbocycles. The van der Waals surface area contributed by atoms with E-state index in [2.05, 4.69) is 10.3 Å². The van der Waals surface area contributed by atoms with Crippen LogP contribution in [-0.2, 0) is 4.74 Å². The van der Waals surface area contributed by atoms with Crippen molar-refractivity contribution < 1.29 is 14.3 Å². The lowest BCUT2D eigenvalue weighted by Gasteiger charge is -2.09. The molecule has 1 aliphatic rings. The standard InChI is InChI=1S/C18H18N2O3S/c1-22-13-4-5-15-11(8-13)7-12-9-16(24-18(12)20-15)17(21)19-10-14-3-2-6-23-14/h4-5,7-9,14H,2-3,6,10H2,1H3,(H,19,21)/t14-/m1/s1. The van der Waals surface area contributed by atoms with Crippen molar-refractivity contribution in [2.75, 3.05) is 20.3 Å².